The minimum atomic E-state index is -1.79. The molecule has 21 atom stereocenters. The average Bonchev–Trinajstić information content (AvgIpc) is 3.21. The number of aliphatic hydroxyl groups is 8. The van der Waals surface area contributed by atoms with Gasteiger partial charge in [0.05, 0.1) is 31.3 Å². The molecule has 0 amide bonds. The summed E-state index contributed by atoms with van der Waals surface area (Å²) in [6.45, 7) is 15.0. The Hall–Kier alpha value is -1.35. The van der Waals surface area contributed by atoms with Crippen molar-refractivity contribution in [3.63, 3.8) is 0 Å². The van der Waals surface area contributed by atoms with Gasteiger partial charge < -0.3 is 74.4 Å². The van der Waals surface area contributed by atoms with E-state index in [9.17, 15) is 50.8 Å². The van der Waals surface area contributed by atoms with Gasteiger partial charge in [-0.2, -0.15) is 0 Å². The van der Waals surface area contributed by atoms with Gasteiger partial charge in [0.2, 0.25) is 0 Å². The maximum Gasteiger partial charge on any atom is 0.310 e. The normalized spacial score (nSPS) is 53.6. The molecular formula is C46H74O16. The van der Waals surface area contributed by atoms with Gasteiger partial charge in [0.15, 0.2) is 18.9 Å². The second-order valence-corrected chi connectivity index (χ2v) is 22.6. The van der Waals surface area contributed by atoms with Crippen molar-refractivity contribution in [2.75, 3.05) is 19.8 Å². The van der Waals surface area contributed by atoms with Crippen LogP contribution in [0, 0.1) is 50.2 Å². The Morgan fingerprint density at radius 3 is 2.03 bits per heavy atom. The van der Waals surface area contributed by atoms with Gasteiger partial charge in [-0.15, -0.1) is 0 Å². The minimum Gasteiger partial charge on any atom is -0.481 e. The van der Waals surface area contributed by atoms with Crippen molar-refractivity contribution in [3.05, 3.63) is 11.6 Å². The lowest BCUT2D eigenvalue weighted by Crippen LogP contribution is -2.66. The van der Waals surface area contributed by atoms with E-state index >= 15 is 0 Å². The molecule has 0 radical (unpaired) electrons. The van der Waals surface area contributed by atoms with Crippen LogP contribution >= 0.6 is 0 Å². The Labute approximate surface area is 364 Å². The number of carboxylic acid groups (broad SMARTS) is 1. The fourth-order valence-corrected chi connectivity index (χ4v) is 14.6. The molecule has 0 aromatic rings. The third-order valence-corrected chi connectivity index (χ3v) is 18.6. The van der Waals surface area contributed by atoms with E-state index in [1.54, 1.807) is 0 Å². The molecule has 354 valence electrons. The van der Waals surface area contributed by atoms with Crippen LogP contribution in [0.15, 0.2) is 11.6 Å². The molecule has 16 heteroatoms. The van der Waals surface area contributed by atoms with Crippen molar-refractivity contribution in [2.45, 2.75) is 199 Å². The van der Waals surface area contributed by atoms with Crippen LogP contribution in [0.4, 0.5) is 0 Å². The zero-order valence-electron chi connectivity index (χ0n) is 37.5. The van der Waals surface area contributed by atoms with Gasteiger partial charge in [-0.25, -0.2) is 0 Å². The molecule has 0 bridgehead atoms. The first-order valence-electron chi connectivity index (χ1n) is 23.1. The van der Waals surface area contributed by atoms with Crippen molar-refractivity contribution in [2.24, 2.45) is 50.2 Å². The quantitative estimate of drug-likeness (QED) is 0.125. The van der Waals surface area contributed by atoms with Crippen LogP contribution in [-0.4, -0.2) is 158 Å². The zero-order valence-corrected chi connectivity index (χ0v) is 37.5. The summed E-state index contributed by atoms with van der Waals surface area (Å²) < 4.78 is 36.8. The molecule has 0 spiro atoms. The van der Waals surface area contributed by atoms with E-state index in [4.69, 9.17) is 28.4 Å². The van der Waals surface area contributed by atoms with Gasteiger partial charge >= 0.3 is 5.97 Å². The fourth-order valence-electron chi connectivity index (χ4n) is 14.6. The molecule has 7 fully saturated rings. The molecule has 3 aliphatic heterocycles. The molecule has 3 saturated heterocycles. The maximum atomic E-state index is 13.1. The third-order valence-electron chi connectivity index (χ3n) is 18.6. The first kappa shape index (κ1) is 47.2. The second kappa shape index (κ2) is 16.5. The van der Waals surface area contributed by atoms with Gasteiger partial charge in [0, 0.05) is 0 Å². The number of allylic oxidation sites excluding steroid dienone is 2. The zero-order chi connectivity index (χ0) is 45.1. The smallest absolute Gasteiger partial charge is 0.310 e. The van der Waals surface area contributed by atoms with E-state index < -0.39 is 109 Å². The fraction of sp³-hybridized carbons (Fsp3) is 0.935. The van der Waals surface area contributed by atoms with Gasteiger partial charge in [-0.1, -0.05) is 60.1 Å². The predicted octanol–water partition coefficient (Wildman–Crippen LogP) is 1.98. The number of aliphatic carboxylic acids is 1. The monoisotopic (exact) mass is 882 g/mol. The average molecular weight is 883 g/mol. The van der Waals surface area contributed by atoms with Crippen molar-refractivity contribution in [1.29, 1.82) is 0 Å². The van der Waals surface area contributed by atoms with Gasteiger partial charge in [-0.3, -0.25) is 4.79 Å². The number of fused-ring (bicyclic) bond motifs is 7. The highest BCUT2D eigenvalue weighted by Gasteiger charge is 2.70. The van der Waals surface area contributed by atoms with Crippen molar-refractivity contribution in [1.82, 2.24) is 0 Å². The summed E-state index contributed by atoms with van der Waals surface area (Å²) in [5.74, 6) is -0.0522. The highest BCUT2D eigenvalue weighted by molar-refractivity contribution is 5.76. The number of ether oxygens (including phenoxy) is 6. The summed E-state index contributed by atoms with van der Waals surface area (Å²) in [4.78, 5) is 13.1. The summed E-state index contributed by atoms with van der Waals surface area (Å²) >= 11 is 0. The Bertz CT molecular complexity index is 1690. The number of hydrogen-bond donors (Lipinski definition) is 9. The minimum absolute atomic E-state index is 0.0255. The van der Waals surface area contributed by atoms with E-state index in [0.717, 1.165) is 51.4 Å². The predicted molar refractivity (Wildman–Crippen MR) is 219 cm³/mol. The summed E-state index contributed by atoms with van der Waals surface area (Å²) in [6, 6.07) is 0. The highest BCUT2D eigenvalue weighted by atomic mass is 16.8. The molecule has 9 N–H and O–H groups in total. The van der Waals surface area contributed by atoms with Crippen LogP contribution in [0.2, 0.25) is 0 Å². The van der Waals surface area contributed by atoms with Gasteiger partial charge in [-0.05, 0) is 109 Å². The first-order valence-corrected chi connectivity index (χ1v) is 23.1. The third kappa shape index (κ3) is 7.28. The van der Waals surface area contributed by atoms with Crippen LogP contribution in [-0.2, 0) is 33.2 Å². The van der Waals surface area contributed by atoms with Crippen LogP contribution in [0.1, 0.15) is 113 Å². The van der Waals surface area contributed by atoms with Crippen LogP contribution in [0.5, 0.6) is 0 Å². The van der Waals surface area contributed by atoms with E-state index in [0.29, 0.717) is 18.8 Å². The number of carbonyl (C=O) groups is 1. The Morgan fingerprint density at radius 2 is 1.34 bits per heavy atom. The molecular weight excluding hydrogens is 808 g/mol. The molecule has 8 aliphatic rings. The van der Waals surface area contributed by atoms with Gasteiger partial charge in [0.25, 0.3) is 0 Å². The van der Waals surface area contributed by atoms with E-state index in [2.05, 4.69) is 54.5 Å². The molecule has 0 aromatic heterocycles. The molecule has 62 heavy (non-hydrogen) atoms. The standard InChI is InChI=1S/C46H74O16/c1-41(2)14-16-46(40(55)56)17-15-44(6)22(23(46)18-41)8-9-28-43(5)12-11-29(42(3,4)27(43)10-13-45(28,44)7)60-39-36(62-37-33(53)30(50)24(48)20-57-37)35(25(49)21-58-39)61-38-34(54)32(52)31(51)26(19-47)59-38/h8,23-39,47-54H,9-21H2,1-7H3,(H,55,56). The Morgan fingerprint density at radius 1 is 0.694 bits per heavy atom. The van der Waals surface area contributed by atoms with E-state index in [1.165, 1.54) is 5.57 Å². The molecule has 4 saturated carbocycles. The van der Waals surface area contributed by atoms with Crippen LogP contribution < -0.4 is 0 Å². The Kier molecular flexibility index (Phi) is 12.5. The molecule has 3 heterocycles. The molecule has 5 aliphatic carbocycles. The van der Waals surface area contributed by atoms with Crippen molar-refractivity contribution < 1.29 is 79.2 Å². The van der Waals surface area contributed by atoms with Crippen molar-refractivity contribution in [3.8, 4) is 0 Å². The highest BCUT2D eigenvalue weighted by Crippen LogP contribution is 2.76. The first-order chi connectivity index (χ1) is 29.0. The molecule has 21 unspecified atom stereocenters. The van der Waals surface area contributed by atoms with Crippen molar-refractivity contribution >= 4 is 5.97 Å². The van der Waals surface area contributed by atoms with Crippen LogP contribution in [0.25, 0.3) is 0 Å². The lowest BCUT2D eigenvalue weighted by molar-refractivity contribution is -0.384. The number of hydrogen-bond acceptors (Lipinski definition) is 15. The summed E-state index contributed by atoms with van der Waals surface area (Å²) in [6.07, 6.45) is -9.35. The summed E-state index contributed by atoms with van der Waals surface area (Å²) in [7, 11) is 0. The number of carboxylic acids is 1. The molecule has 16 nitrogen and oxygen atoms in total. The Balaban J connectivity index is 1.06. The lowest BCUT2D eigenvalue weighted by Gasteiger charge is -2.71. The lowest BCUT2D eigenvalue weighted by atomic mass is 9.33. The summed E-state index contributed by atoms with van der Waals surface area (Å²) in [5, 5.41) is 95.4. The second-order valence-electron chi connectivity index (χ2n) is 22.6. The van der Waals surface area contributed by atoms with Gasteiger partial charge in [0.1, 0.15) is 61.0 Å². The molecule has 8 rings (SSSR count). The van der Waals surface area contributed by atoms with E-state index in [1.807, 2.05) is 0 Å². The SMILES string of the molecule is CC1(C)CCC2(C(=O)O)CCC3(C)C(=CCC4C5(C)CCC(OC6OCC(O)C(OC7OC(CO)C(O)C(O)C7O)C6OC6OCC(O)C(O)C6O)C(C)(C)C5CCC43C)C2C1. The topological polar surface area (TPSA) is 255 Å². The van der Waals surface area contributed by atoms with E-state index in [-0.39, 0.29) is 46.7 Å². The number of aliphatic hydroxyl groups excluding tert-OH is 8. The van der Waals surface area contributed by atoms with Crippen LogP contribution in [0.3, 0.4) is 0 Å². The number of rotatable bonds is 8. The maximum absolute atomic E-state index is 13.1. The largest absolute Gasteiger partial charge is 0.481 e. The summed E-state index contributed by atoms with van der Waals surface area (Å²) in [5.41, 5.74) is 0.0706. The molecule has 0 aromatic carbocycles.